The largest absolute Gasteiger partial charge is 0.376 e. The van der Waals surface area contributed by atoms with E-state index in [9.17, 15) is 9.59 Å². The molecule has 33 heavy (non-hydrogen) atoms. The Kier molecular flexibility index (Phi) is 7.53. The zero-order chi connectivity index (χ0) is 23.0. The molecule has 1 saturated heterocycles. The summed E-state index contributed by atoms with van der Waals surface area (Å²) in [6.07, 6.45) is 2.50. The number of ether oxygens (including phenoxy) is 1. The molecule has 3 aromatic rings. The fourth-order valence-electron chi connectivity index (χ4n) is 3.97. The Labute approximate surface area is 195 Å². The summed E-state index contributed by atoms with van der Waals surface area (Å²) < 4.78 is 5.56. The van der Waals surface area contributed by atoms with Crippen LogP contribution in [0.2, 0.25) is 0 Å². The minimum atomic E-state index is -0.0572. The molecule has 2 amide bonds. The second kappa shape index (κ2) is 10.9. The first kappa shape index (κ1) is 22.7. The van der Waals surface area contributed by atoms with E-state index in [1.165, 1.54) is 5.56 Å². The summed E-state index contributed by atoms with van der Waals surface area (Å²) in [5, 5.41) is 2.96. The summed E-state index contributed by atoms with van der Waals surface area (Å²) in [5.41, 5.74) is 4.59. The molecule has 0 spiro atoms. The van der Waals surface area contributed by atoms with E-state index < -0.39 is 0 Å². The number of benzene rings is 3. The first-order valence-corrected chi connectivity index (χ1v) is 11.5. The summed E-state index contributed by atoms with van der Waals surface area (Å²) in [4.78, 5) is 27.4. The molecule has 1 atom stereocenters. The lowest BCUT2D eigenvalue weighted by atomic mass is 10.1. The summed E-state index contributed by atoms with van der Waals surface area (Å²) in [6.45, 7) is 3.86. The summed E-state index contributed by atoms with van der Waals surface area (Å²) in [6, 6.07) is 25.2. The third kappa shape index (κ3) is 6.30. The van der Waals surface area contributed by atoms with Crippen molar-refractivity contribution in [2.24, 2.45) is 0 Å². The second-order valence-electron chi connectivity index (χ2n) is 8.53. The molecular formula is C28H30N2O3. The van der Waals surface area contributed by atoms with Crippen molar-refractivity contribution in [1.29, 1.82) is 0 Å². The van der Waals surface area contributed by atoms with Crippen molar-refractivity contribution in [3.63, 3.8) is 0 Å². The molecular weight excluding hydrogens is 412 g/mol. The van der Waals surface area contributed by atoms with Crippen LogP contribution in [-0.4, -0.2) is 31.1 Å². The highest BCUT2D eigenvalue weighted by atomic mass is 16.5. The van der Waals surface area contributed by atoms with Gasteiger partial charge in [0.1, 0.15) is 0 Å². The topological polar surface area (TPSA) is 58.6 Å². The lowest BCUT2D eigenvalue weighted by Gasteiger charge is -2.23. The average Bonchev–Trinajstić information content (AvgIpc) is 3.37. The highest BCUT2D eigenvalue weighted by Gasteiger charge is 2.19. The number of hydrogen-bond acceptors (Lipinski definition) is 3. The Morgan fingerprint density at radius 3 is 2.30 bits per heavy atom. The first-order valence-electron chi connectivity index (χ1n) is 11.5. The Bertz CT molecular complexity index is 1060. The molecule has 0 saturated carbocycles. The van der Waals surface area contributed by atoms with E-state index in [2.05, 4.69) is 17.4 Å². The molecule has 1 aliphatic heterocycles. The number of carbonyl (C=O) groups excluding carboxylic acids is 2. The van der Waals surface area contributed by atoms with Crippen LogP contribution in [0, 0.1) is 6.92 Å². The van der Waals surface area contributed by atoms with Gasteiger partial charge in [-0.25, -0.2) is 0 Å². The van der Waals surface area contributed by atoms with Crippen LogP contribution in [0.3, 0.4) is 0 Å². The minimum Gasteiger partial charge on any atom is -0.376 e. The molecule has 3 aromatic carbocycles. The lowest BCUT2D eigenvalue weighted by Crippen LogP contribution is -2.32. The van der Waals surface area contributed by atoms with Gasteiger partial charge in [0.25, 0.3) is 5.91 Å². The predicted octanol–water partition coefficient (Wildman–Crippen LogP) is 4.68. The molecule has 0 aliphatic carbocycles. The van der Waals surface area contributed by atoms with Crippen molar-refractivity contribution < 1.29 is 14.3 Å². The Morgan fingerprint density at radius 1 is 0.939 bits per heavy atom. The Hall–Kier alpha value is -3.44. The lowest BCUT2D eigenvalue weighted by molar-refractivity contribution is -0.120. The molecule has 0 aromatic heterocycles. The van der Waals surface area contributed by atoms with Crippen LogP contribution in [0.4, 0.5) is 5.69 Å². The normalized spacial score (nSPS) is 15.2. The van der Waals surface area contributed by atoms with Crippen molar-refractivity contribution in [3.05, 3.63) is 101 Å². The van der Waals surface area contributed by atoms with Gasteiger partial charge in [0.2, 0.25) is 5.91 Å². The number of rotatable bonds is 8. The fourth-order valence-corrected chi connectivity index (χ4v) is 3.97. The zero-order valence-corrected chi connectivity index (χ0v) is 19.0. The van der Waals surface area contributed by atoms with E-state index in [4.69, 9.17) is 4.74 Å². The summed E-state index contributed by atoms with van der Waals surface area (Å²) in [7, 11) is 0. The van der Waals surface area contributed by atoms with Gasteiger partial charge in [-0.05, 0) is 55.2 Å². The third-order valence-electron chi connectivity index (χ3n) is 5.89. The quantitative estimate of drug-likeness (QED) is 0.551. The van der Waals surface area contributed by atoms with Crippen LogP contribution in [0.5, 0.6) is 0 Å². The number of carbonyl (C=O) groups is 2. The van der Waals surface area contributed by atoms with Crippen LogP contribution in [-0.2, 0) is 22.5 Å². The molecule has 4 rings (SSSR count). The highest BCUT2D eigenvalue weighted by Crippen LogP contribution is 2.22. The number of aryl methyl sites for hydroxylation is 1. The predicted molar refractivity (Wildman–Crippen MR) is 130 cm³/mol. The molecule has 0 bridgehead atoms. The van der Waals surface area contributed by atoms with E-state index in [0.29, 0.717) is 25.1 Å². The smallest absolute Gasteiger partial charge is 0.258 e. The van der Waals surface area contributed by atoms with Gasteiger partial charge in [-0.15, -0.1) is 0 Å². The van der Waals surface area contributed by atoms with Gasteiger partial charge in [-0.1, -0.05) is 60.2 Å². The van der Waals surface area contributed by atoms with Crippen LogP contribution in [0.25, 0.3) is 0 Å². The maximum absolute atomic E-state index is 13.3. The van der Waals surface area contributed by atoms with Gasteiger partial charge >= 0.3 is 0 Å². The van der Waals surface area contributed by atoms with E-state index in [0.717, 1.165) is 36.3 Å². The van der Waals surface area contributed by atoms with Crippen LogP contribution < -0.4 is 10.2 Å². The number of hydrogen-bond donors (Lipinski definition) is 1. The van der Waals surface area contributed by atoms with E-state index in [1.807, 2.05) is 73.7 Å². The average molecular weight is 443 g/mol. The maximum Gasteiger partial charge on any atom is 0.258 e. The molecule has 5 nitrogen and oxygen atoms in total. The van der Waals surface area contributed by atoms with Crippen LogP contribution in [0.1, 0.15) is 39.9 Å². The molecule has 0 radical (unpaired) electrons. The maximum atomic E-state index is 13.3. The van der Waals surface area contributed by atoms with Gasteiger partial charge < -0.3 is 15.0 Å². The number of nitrogens with zero attached hydrogens (tertiary/aromatic N) is 1. The van der Waals surface area contributed by atoms with E-state index >= 15 is 0 Å². The molecule has 5 heteroatoms. The zero-order valence-electron chi connectivity index (χ0n) is 19.0. The van der Waals surface area contributed by atoms with Crippen molar-refractivity contribution in [2.45, 2.75) is 38.8 Å². The SMILES string of the molecule is Cc1ccc(CN(C(=O)c2ccccc2)c2ccc(CC(=O)NCC3CCCO3)cc2)cc1. The highest BCUT2D eigenvalue weighted by molar-refractivity contribution is 6.06. The van der Waals surface area contributed by atoms with Crippen molar-refractivity contribution in [1.82, 2.24) is 5.32 Å². The van der Waals surface area contributed by atoms with Gasteiger partial charge in [0.15, 0.2) is 0 Å². The number of amides is 2. The standard InChI is InChI=1S/C28H30N2O3/c1-21-9-11-23(12-10-21)20-30(28(32)24-6-3-2-4-7-24)25-15-13-22(14-16-25)18-27(31)29-19-26-8-5-17-33-26/h2-4,6-7,9-16,26H,5,8,17-20H2,1H3,(H,29,31). The first-order chi connectivity index (χ1) is 16.1. The van der Waals surface area contributed by atoms with Crippen molar-refractivity contribution >= 4 is 17.5 Å². The molecule has 1 heterocycles. The number of nitrogens with one attached hydrogen (secondary N) is 1. The Balaban J connectivity index is 1.47. The molecule has 1 N–H and O–H groups in total. The summed E-state index contributed by atoms with van der Waals surface area (Å²) >= 11 is 0. The monoisotopic (exact) mass is 442 g/mol. The third-order valence-corrected chi connectivity index (χ3v) is 5.89. The van der Waals surface area contributed by atoms with Crippen LogP contribution in [0.15, 0.2) is 78.9 Å². The van der Waals surface area contributed by atoms with Gasteiger partial charge in [-0.3, -0.25) is 9.59 Å². The van der Waals surface area contributed by atoms with E-state index in [-0.39, 0.29) is 17.9 Å². The second-order valence-corrected chi connectivity index (χ2v) is 8.53. The van der Waals surface area contributed by atoms with Gasteiger partial charge in [-0.2, -0.15) is 0 Å². The molecule has 1 unspecified atom stereocenters. The number of anilines is 1. The minimum absolute atomic E-state index is 0.0184. The van der Waals surface area contributed by atoms with E-state index in [1.54, 1.807) is 4.90 Å². The fraction of sp³-hybridized carbons (Fsp3) is 0.286. The Morgan fingerprint density at radius 2 is 1.64 bits per heavy atom. The van der Waals surface area contributed by atoms with Gasteiger partial charge in [0, 0.05) is 24.4 Å². The molecule has 1 fully saturated rings. The molecule has 170 valence electrons. The van der Waals surface area contributed by atoms with Crippen molar-refractivity contribution in [2.75, 3.05) is 18.1 Å². The molecule has 1 aliphatic rings. The van der Waals surface area contributed by atoms with Gasteiger partial charge in [0.05, 0.1) is 19.1 Å². The van der Waals surface area contributed by atoms with Crippen LogP contribution >= 0.6 is 0 Å². The summed E-state index contributed by atoms with van der Waals surface area (Å²) in [5.74, 6) is -0.0756. The van der Waals surface area contributed by atoms with Crippen molar-refractivity contribution in [3.8, 4) is 0 Å².